The molecule has 1 amide bonds. The SMILES string of the molecule is COc1cc(C[C@@H](C)[C@@H]2CC(=O)[C@H](C)/C=C(\C)[C@@H](O)[C@@H](OC)C(=O)[C@H](C)C[C@H](C)/C=C/C=C/C=C(\C)CC[C@@H]3CC[C@@H](C)C(O)(O3)C(=O)C(=O)N3CCCC3C(=O)O2)ccc1O. The summed E-state index contributed by atoms with van der Waals surface area (Å²) in [5, 5.41) is 33.3. The van der Waals surface area contributed by atoms with Crippen LogP contribution in [0.5, 0.6) is 11.5 Å². The highest BCUT2D eigenvalue weighted by Gasteiger charge is 2.53. The first-order valence-electron chi connectivity index (χ1n) is 22.1. The van der Waals surface area contributed by atoms with Gasteiger partial charge in [-0.2, -0.15) is 0 Å². The summed E-state index contributed by atoms with van der Waals surface area (Å²) >= 11 is 0. The van der Waals surface area contributed by atoms with E-state index in [1.54, 1.807) is 39.0 Å². The number of hydrogen-bond donors (Lipinski definition) is 3. The zero-order valence-electron chi connectivity index (χ0n) is 38.0. The molecule has 1 aromatic carbocycles. The number of aliphatic hydroxyl groups is 2. The number of aromatic hydroxyl groups is 1. The van der Waals surface area contributed by atoms with E-state index >= 15 is 0 Å². The molecule has 1 aromatic rings. The molecule has 342 valence electrons. The summed E-state index contributed by atoms with van der Waals surface area (Å²) in [6.45, 7) is 12.7. The van der Waals surface area contributed by atoms with E-state index in [0.29, 0.717) is 50.5 Å². The van der Waals surface area contributed by atoms with Gasteiger partial charge in [0.25, 0.3) is 11.7 Å². The van der Waals surface area contributed by atoms with Gasteiger partial charge in [-0.3, -0.25) is 19.2 Å². The lowest BCUT2D eigenvalue weighted by atomic mass is 9.85. The Kier molecular flexibility index (Phi) is 18.5. The molecule has 3 N–H and O–H groups in total. The number of hydrogen-bond acceptors (Lipinski definition) is 12. The van der Waals surface area contributed by atoms with Gasteiger partial charge in [0.05, 0.1) is 13.2 Å². The number of nitrogens with zero attached hydrogens (tertiary/aromatic N) is 1. The minimum Gasteiger partial charge on any atom is -0.504 e. The lowest BCUT2D eigenvalue weighted by Gasteiger charge is -2.41. The number of aliphatic hydroxyl groups excluding tert-OH is 1. The molecule has 3 aliphatic rings. The van der Waals surface area contributed by atoms with Crippen molar-refractivity contribution >= 4 is 29.2 Å². The molecule has 13 nitrogen and oxygen atoms in total. The number of carbonyl (C=O) groups is 5. The molecule has 11 atom stereocenters. The smallest absolute Gasteiger partial charge is 0.329 e. The number of methoxy groups -OCH3 is 2. The van der Waals surface area contributed by atoms with Gasteiger partial charge in [0.15, 0.2) is 17.3 Å². The third kappa shape index (κ3) is 12.8. The van der Waals surface area contributed by atoms with E-state index in [1.165, 1.54) is 20.3 Å². The van der Waals surface area contributed by atoms with Crippen molar-refractivity contribution in [1.29, 1.82) is 0 Å². The fourth-order valence-electron chi connectivity index (χ4n) is 8.67. The molecule has 3 aliphatic heterocycles. The predicted octanol–water partition coefficient (Wildman–Crippen LogP) is 6.56. The average Bonchev–Trinajstić information content (AvgIpc) is 3.74. The number of Topliss-reactive ketones (excluding diaryl/α,β-unsaturated/α-hetero) is 3. The first kappa shape index (κ1) is 50.2. The van der Waals surface area contributed by atoms with E-state index in [-0.39, 0.29) is 48.4 Å². The van der Waals surface area contributed by atoms with Crippen LogP contribution < -0.4 is 4.74 Å². The van der Waals surface area contributed by atoms with Crippen molar-refractivity contribution in [3.63, 3.8) is 0 Å². The predicted molar refractivity (Wildman–Crippen MR) is 234 cm³/mol. The third-order valence-corrected chi connectivity index (χ3v) is 12.8. The number of carbonyl (C=O) groups excluding carboxylic acids is 5. The van der Waals surface area contributed by atoms with Gasteiger partial charge in [0.2, 0.25) is 5.79 Å². The van der Waals surface area contributed by atoms with Crippen molar-refractivity contribution in [3.05, 3.63) is 71.4 Å². The number of phenols is 1. The van der Waals surface area contributed by atoms with E-state index in [9.17, 15) is 39.3 Å². The Balaban J connectivity index is 1.68. The van der Waals surface area contributed by atoms with Crippen LogP contribution in [-0.4, -0.2) is 106 Å². The monoisotopic (exact) mass is 863 g/mol. The number of ether oxygens (including phenoxy) is 4. The molecule has 2 saturated heterocycles. The van der Waals surface area contributed by atoms with Crippen LogP contribution in [0.4, 0.5) is 0 Å². The molecule has 0 aliphatic carbocycles. The molecule has 2 fully saturated rings. The normalized spacial score (nSPS) is 35.2. The molecular formula is C49H69NO12. The Morgan fingerprint density at radius 3 is 2.39 bits per heavy atom. The average molecular weight is 864 g/mol. The van der Waals surface area contributed by atoms with Crippen LogP contribution in [0.15, 0.2) is 65.8 Å². The van der Waals surface area contributed by atoms with Crippen LogP contribution in [0.1, 0.15) is 105 Å². The lowest BCUT2D eigenvalue weighted by molar-refractivity contribution is -0.263. The fourth-order valence-corrected chi connectivity index (χ4v) is 8.67. The first-order chi connectivity index (χ1) is 29.3. The number of esters is 1. The van der Waals surface area contributed by atoms with Crippen LogP contribution in [0.25, 0.3) is 0 Å². The largest absolute Gasteiger partial charge is 0.504 e. The van der Waals surface area contributed by atoms with Crippen molar-refractivity contribution in [2.75, 3.05) is 20.8 Å². The van der Waals surface area contributed by atoms with E-state index < -0.39 is 77.6 Å². The zero-order valence-corrected chi connectivity index (χ0v) is 38.0. The van der Waals surface area contributed by atoms with Crippen LogP contribution in [0, 0.1) is 29.6 Å². The molecule has 13 heteroatoms. The Morgan fingerprint density at radius 2 is 1.69 bits per heavy atom. The molecule has 0 aromatic heterocycles. The van der Waals surface area contributed by atoms with E-state index in [4.69, 9.17) is 18.9 Å². The van der Waals surface area contributed by atoms with Crippen molar-refractivity contribution in [1.82, 2.24) is 4.90 Å². The first-order valence-corrected chi connectivity index (χ1v) is 22.1. The molecule has 4 rings (SSSR count). The van der Waals surface area contributed by atoms with E-state index in [0.717, 1.165) is 16.0 Å². The highest BCUT2D eigenvalue weighted by molar-refractivity contribution is 6.39. The number of benzene rings is 1. The van der Waals surface area contributed by atoms with Crippen molar-refractivity contribution in [3.8, 4) is 11.5 Å². The molecular weight excluding hydrogens is 795 g/mol. The second kappa shape index (κ2) is 22.8. The van der Waals surface area contributed by atoms with Gasteiger partial charge in [-0.25, -0.2) is 4.79 Å². The van der Waals surface area contributed by atoms with E-state index in [1.807, 2.05) is 58.1 Å². The van der Waals surface area contributed by atoms with Gasteiger partial charge in [0, 0.05) is 37.8 Å². The maximum atomic E-state index is 14.1. The molecule has 2 bridgehead atoms. The summed E-state index contributed by atoms with van der Waals surface area (Å²) in [4.78, 5) is 70.8. The molecule has 62 heavy (non-hydrogen) atoms. The fraction of sp³-hybridized carbons (Fsp3) is 0.612. The molecule has 3 heterocycles. The standard InChI is InChI=1S/C49H69NO12/c1-29-14-11-10-12-15-30(2)24-33(5)43(53)45(60-9)44(54)34(6)25-31(3)40(52)28-41(32(4)26-36-19-22-39(51)42(27-36)59-8)61-48(57)38-16-13-23-50(38)47(56)46(55)49(58)35(7)18-21-37(62-49)20-17-29/h10-12,14-15,19,22,25,27,30-33,35,37-38,41,44-45,51,54,58H,13,16-18,20-21,23-24,26,28H2,1-9H3/b11-10+,15-12+,29-14+,34-25+/t30-,31-,32-,33-,35-,37-,38?,41+,44-,45+,49?/m1/s1. The Bertz CT molecular complexity index is 1880. The summed E-state index contributed by atoms with van der Waals surface area (Å²) in [6, 6.07) is 3.71. The maximum Gasteiger partial charge on any atom is 0.329 e. The summed E-state index contributed by atoms with van der Waals surface area (Å²) in [5.41, 5.74) is 2.17. The lowest BCUT2D eigenvalue weighted by Crippen LogP contribution is -2.59. The minimum absolute atomic E-state index is 0.0414. The van der Waals surface area contributed by atoms with Gasteiger partial charge in [-0.15, -0.1) is 0 Å². The van der Waals surface area contributed by atoms with Crippen molar-refractivity contribution < 1.29 is 58.2 Å². The van der Waals surface area contributed by atoms with Gasteiger partial charge < -0.3 is 39.2 Å². The van der Waals surface area contributed by atoms with Crippen molar-refractivity contribution in [2.24, 2.45) is 29.6 Å². The third-order valence-electron chi connectivity index (χ3n) is 12.8. The number of amides is 1. The van der Waals surface area contributed by atoms with Gasteiger partial charge >= 0.3 is 5.97 Å². The zero-order chi connectivity index (χ0) is 45.9. The maximum absolute atomic E-state index is 14.1. The quantitative estimate of drug-likeness (QED) is 0.165. The van der Waals surface area contributed by atoms with E-state index in [2.05, 4.69) is 0 Å². The number of allylic oxidation sites excluding steroid dienone is 7. The number of fused-ring (bicyclic) bond motifs is 3. The van der Waals surface area contributed by atoms with Crippen LogP contribution in [0.3, 0.4) is 0 Å². The summed E-state index contributed by atoms with van der Waals surface area (Å²) in [6.07, 6.45) is 10.8. The number of phenolic OH excluding ortho intramolecular Hbond substituents is 1. The molecule has 0 spiro atoms. The summed E-state index contributed by atoms with van der Waals surface area (Å²) in [5.74, 6) is -7.96. The topological polar surface area (TPSA) is 186 Å². The number of cyclic esters (lactones) is 1. The molecule has 2 unspecified atom stereocenters. The Morgan fingerprint density at radius 1 is 0.968 bits per heavy atom. The van der Waals surface area contributed by atoms with Crippen LogP contribution in [0.2, 0.25) is 0 Å². The van der Waals surface area contributed by atoms with Gasteiger partial charge in [-0.1, -0.05) is 82.7 Å². The second-order valence-corrected chi connectivity index (χ2v) is 17.9. The Labute approximate surface area is 367 Å². The van der Waals surface area contributed by atoms with Crippen molar-refractivity contribution in [2.45, 2.75) is 142 Å². The minimum atomic E-state index is -2.37. The summed E-state index contributed by atoms with van der Waals surface area (Å²) in [7, 11) is 2.80. The van der Waals surface area contributed by atoms with Crippen LogP contribution in [-0.2, 0) is 44.6 Å². The van der Waals surface area contributed by atoms with Crippen LogP contribution >= 0.6 is 0 Å². The Hall–Kier alpha value is -4.43. The van der Waals surface area contributed by atoms with Gasteiger partial charge in [0.1, 0.15) is 30.1 Å². The highest BCUT2D eigenvalue weighted by Crippen LogP contribution is 2.37. The number of rotatable bonds is 5. The molecule has 0 saturated carbocycles. The molecule has 0 radical (unpaired) electrons. The van der Waals surface area contributed by atoms with Gasteiger partial charge in [-0.05, 0) is 100 Å². The number of ketones is 3. The highest BCUT2D eigenvalue weighted by atomic mass is 16.6. The summed E-state index contributed by atoms with van der Waals surface area (Å²) < 4.78 is 23.0. The second-order valence-electron chi connectivity index (χ2n) is 17.9.